The third-order valence-corrected chi connectivity index (χ3v) is 6.87. The van der Waals surface area contributed by atoms with Crippen LogP contribution in [0.5, 0.6) is 0 Å². The number of hydrogen-bond donors (Lipinski definition) is 3. The lowest BCUT2D eigenvalue weighted by atomic mass is 10.1. The van der Waals surface area contributed by atoms with Gasteiger partial charge in [0.25, 0.3) is 15.9 Å². The zero-order valence-corrected chi connectivity index (χ0v) is 20.9. The number of nitrogens with one attached hydrogen (secondary N) is 3. The summed E-state index contributed by atoms with van der Waals surface area (Å²) in [5.41, 5.74) is 4.12. The Labute approximate surface area is 201 Å². The Kier molecular flexibility index (Phi) is 7.33. The van der Waals surface area contributed by atoms with Gasteiger partial charge in [0.2, 0.25) is 0 Å². The Morgan fingerprint density at radius 2 is 1.53 bits per heavy atom. The summed E-state index contributed by atoms with van der Waals surface area (Å²) in [5.74, 6) is -0.335. The Bertz CT molecular complexity index is 1270. The first-order valence-corrected chi connectivity index (χ1v) is 12.3. The molecule has 166 valence electrons. The summed E-state index contributed by atoms with van der Waals surface area (Å²) >= 11 is 8.58. The molecule has 3 aromatic carbocycles. The van der Waals surface area contributed by atoms with Gasteiger partial charge in [0.15, 0.2) is 5.11 Å². The van der Waals surface area contributed by atoms with E-state index in [1.54, 1.807) is 18.2 Å². The van der Waals surface area contributed by atoms with Crippen molar-refractivity contribution in [2.24, 2.45) is 0 Å². The van der Waals surface area contributed by atoms with Gasteiger partial charge in [0.05, 0.1) is 10.6 Å². The predicted octanol–water partition coefficient (Wildman–Crippen LogP) is 5.30. The van der Waals surface area contributed by atoms with E-state index in [4.69, 9.17) is 12.2 Å². The topological polar surface area (TPSA) is 87.3 Å². The van der Waals surface area contributed by atoms with Crippen molar-refractivity contribution in [3.05, 3.63) is 87.4 Å². The highest BCUT2D eigenvalue weighted by Crippen LogP contribution is 2.24. The smallest absolute Gasteiger partial charge is 0.261 e. The van der Waals surface area contributed by atoms with Crippen molar-refractivity contribution >= 4 is 60.6 Å². The van der Waals surface area contributed by atoms with Crippen LogP contribution >= 0.6 is 28.1 Å². The van der Waals surface area contributed by atoms with E-state index in [0.29, 0.717) is 16.9 Å². The molecule has 0 radical (unpaired) electrons. The first-order valence-electron chi connectivity index (χ1n) is 9.64. The molecule has 1 amide bonds. The number of sulfonamides is 1. The van der Waals surface area contributed by atoms with Crippen molar-refractivity contribution in [1.82, 2.24) is 5.32 Å². The molecule has 0 saturated heterocycles. The fourth-order valence-corrected chi connectivity index (χ4v) is 4.83. The Morgan fingerprint density at radius 3 is 2.16 bits per heavy atom. The number of anilines is 2. The molecule has 0 aliphatic rings. The van der Waals surface area contributed by atoms with Gasteiger partial charge in [-0.3, -0.25) is 14.8 Å². The van der Waals surface area contributed by atoms with Crippen molar-refractivity contribution in [2.45, 2.75) is 25.7 Å². The van der Waals surface area contributed by atoms with Crippen molar-refractivity contribution < 1.29 is 13.2 Å². The molecule has 0 heterocycles. The van der Waals surface area contributed by atoms with Crippen molar-refractivity contribution in [3.63, 3.8) is 0 Å². The summed E-state index contributed by atoms with van der Waals surface area (Å²) in [4.78, 5) is 12.6. The molecule has 0 spiro atoms. The van der Waals surface area contributed by atoms with Gasteiger partial charge in [-0.05, 0) is 86.1 Å². The van der Waals surface area contributed by atoms with Crippen molar-refractivity contribution in [2.75, 3.05) is 10.0 Å². The van der Waals surface area contributed by atoms with E-state index >= 15 is 0 Å². The van der Waals surface area contributed by atoms with Crippen LogP contribution in [0.3, 0.4) is 0 Å². The first-order chi connectivity index (χ1) is 15.1. The highest BCUT2D eigenvalue weighted by atomic mass is 79.9. The summed E-state index contributed by atoms with van der Waals surface area (Å²) in [6.45, 7) is 5.54. The lowest BCUT2D eigenvalue weighted by Crippen LogP contribution is -2.34. The molecule has 0 aliphatic carbocycles. The number of halogens is 1. The van der Waals surface area contributed by atoms with Gasteiger partial charge >= 0.3 is 0 Å². The lowest BCUT2D eigenvalue weighted by Gasteiger charge is -2.14. The molecule has 0 aromatic heterocycles. The van der Waals surface area contributed by atoms with E-state index in [9.17, 15) is 13.2 Å². The number of amides is 1. The van der Waals surface area contributed by atoms with E-state index in [2.05, 4.69) is 31.3 Å². The van der Waals surface area contributed by atoms with Gasteiger partial charge < -0.3 is 5.32 Å². The average molecular weight is 532 g/mol. The average Bonchev–Trinajstić information content (AvgIpc) is 2.73. The minimum Gasteiger partial charge on any atom is -0.332 e. The summed E-state index contributed by atoms with van der Waals surface area (Å²) < 4.78 is 29.0. The number of para-hydroxylation sites is 1. The minimum atomic E-state index is -3.75. The quantitative estimate of drug-likeness (QED) is 0.388. The second-order valence-corrected chi connectivity index (χ2v) is 10.3. The number of rotatable bonds is 5. The second kappa shape index (κ2) is 9.81. The summed E-state index contributed by atoms with van der Waals surface area (Å²) in [6.07, 6.45) is 0. The molecule has 0 atom stereocenters. The molecule has 3 aromatic rings. The van der Waals surface area contributed by atoms with Gasteiger partial charge in [0, 0.05) is 15.7 Å². The maximum atomic E-state index is 12.8. The Morgan fingerprint density at radius 1 is 0.906 bits per heavy atom. The summed E-state index contributed by atoms with van der Waals surface area (Å²) in [6, 6.07) is 17.1. The van der Waals surface area contributed by atoms with Crippen LogP contribution in [0, 0.1) is 20.8 Å². The van der Waals surface area contributed by atoms with Gasteiger partial charge in [-0.2, -0.15) is 0 Å². The van der Waals surface area contributed by atoms with Crippen LogP contribution in [-0.2, 0) is 10.0 Å². The van der Waals surface area contributed by atoms with Crippen LogP contribution in [0.15, 0.2) is 70.0 Å². The number of benzene rings is 3. The molecule has 3 rings (SSSR count). The fourth-order valence-electron chi connectivity index (χ4n) is 3.06. The summed E-state index contributed by atoms with van der Waals surface area (Å²) in [7, 11) is -3.75. The predicted molar refractivity (Wildman–Crippen MR) is 136 cm³/mol. The van der Waals surface area contributed by atoms with Crippen molar-refractivity contribution in [3.8, 4) is 0 Å². The maximum absolute atomic E-state index is 12.8. The molecule has 0 saturated carbocycles. The number of carbonyl (C=O) groups is 1. The molecule has 0 bridgehead atoms. The van der Waals surface area contributed by atoms with Gasteiger partial charge in [-0.25, -0.2) is 8.42 Å². The van der Waals surface area contributed by atoms with E-state index in [1.165, 1.54) is 12.1 Å². The van der Waals surface area contributed by atoms with E-state index in [1.807, 2.05) is 51.1 Å². The van der Waals surface area contributed by atoms with Gasteiger partial charge in [-0.15, -0.1) is 0 Å². The zero-order valence-electron chi connectivity index (χ0n) is 17.7. The molecular formula is C23H22BrN3O3S2. The van der Waals surface area contributed by atoms with Crippen LogP contribution in [-0.4, -0.2) is 19.4 Å². The van der Waals surface area contributed by atoms with Gasteiger partial charge in [-0.1, -0.05) is 40.2 Å². The molecule has 32 heavy (non-hydrogen) atoms. The maximum Gasteiger partial charge on any atom is 0.261 e. The van der Waals surface area contributed by atoms with Crippen LogP contribution in [0.25, 0.3) is 0 Å². The van der Waals surface area contributed by atoms with Crippen LogP contribution in [0.1, 0.15) is 27.0 Å². The number of hydrogen-bond acceptors (Lipinski definition) is 4. The number of aryl methyl sites for hydroxylation is 3. The largest absolute Gasteiger partial charge is 0.332 e. The lowest BCUT2D eigenvalue weighted by molar-refractivity contribution is 0.0977. The van der Waals surface area contributed by atoms with Crippen LogP contribution < -0.4 is 15.4 Å². The van der Waals surface area contributed by atoms with E-state index in [0.717, 1.165) is 21.2 Å². The van der Waals surface area contributed by atoms with Gasteiger partial charge in [0.1, 0.15) is 0 Å². The van der Waals surface area contributed by atoms with Crippen LogP contribution in [0.2, 0.25) is 0 Å². The molecule has 3 N–H and O–H groups in total. The second-order valence-electron chi connectivity index (χ2n) is 7.26. The third-order valence-electron chi connectivity index (χ3n) is 4.81. The highest BCUT2D eigenvalue weighted by Gasteiger charge is 2.17. The Balaban J connectivity index is 1.68. The zero-order chi connectivity index (χ0) is 23.5. The minimum absolute atomic E-state index is 0.110. The highest BCUT2D eigenvalue weighted by molar-refractivity contribution is 9.10. The first kappa shape index (κ1) is 23.9. The van der Waals surface area contributed by atoms with Crippen molar-refractivity contribution in [1.29, 1.82) is 0 Å². The van der Waals surface area contributed by atoms with Crippen LogP contribution in [0.4, 0.5) is 11.4 Å². The molecule has 0 aliphatic heterocycles. The standard InChI is InChI=1S/C23H22BrN3O3S2/c1-14-7-8-17(24)13-20(14)22(28)26-23(31)25-18-9-11-19(12-10-18)32(29,30)27-21-15(2)5-4-6-16(21)3/h4-13,27H,1-3H3,(H2,25,26,28,31). The monoisotopic (exact) mass is 531 g/mol. The summed E-state index contributed by atoms with van der Waals surface area (Å²) in [5, 5.41) is 5.64. The normalized spacial score (nSPS) is 11.0. The van der Waals surface area contributed by atoms with E-state index < -0.39 is 10.0 Å². The number of thiocarbonyl (C=S) groups is 1. The number of carbonyl (C=O) groups excluding carboxylic acids is 1. The SMILES string of the molecule is Cc1ccc(Br)cc1C(=O)NC(=S)Nc1ccc(S(=O)(=O)Nc2c(C)cccc2C)cc1. The molecule has 0 unspecified atom stereocenters. The third kappa shape index (κ3) is 5.73. The molecule has 6 nitrogen and oxygen atoms in total. The Hall–Kier alpha value is -2.75. The van der Waals surface area contributed by atoms with E-state index in [-0.39, 0.29) is 15.9 Å². The fraction of sp³-hybridized carbons (Fsp3) is 0.130. The molecule has 0 fully saturated rings. The molecular weight excluding hydrogens is 510 g/mol. The molecule has 9 heteroatoms.